The van der Waals surface area contributed by atoms with E-state index in [0.29, 0.717) is 0 Å². The summed E-state index contributed by atoms with van der Waals surface area (Å²) >= 11 is 0. The molecule has 174 valence electrons. The Morgan fingerprint density at radius 1 is 0.677 bits per heavy atom. The number of aromatic amines is 2. The molecule has 0 saturated carbocycles. The summed E-state index contributed by atoms with van der Waals surface area (Å²) in [5.41, 5.74) is 1.93. The van der Waals surface area contributed by atoms with Crippen molar-refractivity contribution >= 4 is 0 Å². The number of unbranched alkanes of at least 4 members (excludes halogenated alkanes) is 12. The van der Waals surface area contributed by atoms with Crippen LogP contribution in [0, 0.1) is 0 Å². The van der Waals surface area contributed by atoms with E-state index in [1.807, 2.05) is 12.4 Å². The molecule has 7 heteroatoms. The smallest absolute Gasteiger partial charge is 0.0964 e. The van der Waals surface area contributed by atoms with Crippen molar-refractivity contribution in [2.75, 3.05) is 6.54 Å². The summed E-state index contributed by atoms with van der Waals surface area (Å²) in [4.78, 5) is 2.37. The van der Waals surface area contributed by atoms with Gasteiger partial charge in [0, 0.05) is 25.5 Å². The quantitative estimate of drug-likeness (QED) is 0.200. The molecule has 31 heavy (non-hydrogen) atoms. The maximum atomic E-state index is 4.11. The monoisotopic (exact) mass is 429 g/mol. The molecule has 2 heterocycles. The molecule has 0 saturated heterocycles. The van der Waals surface area contributed by atoms with Crippen LogP contribution in [0.5, 0.6) is 0 Å². The summed E-state index contributed by atoms with van der Waals surface area (Å²) in [6.07, 6.45) is 27.2. The highest BCUT2D eigenvalue weighted by Crippen LogP contribution is 2.12. The second kappa shape index (κ2) is 17.6. The number of hydrogen-bond donors (Lipinski definition) is 2. The van der Waals surface area contributed by atoms with Crippen molar-refractivity contribution < 1.29 is 0 Å². The zero-order valence-corrected chi connectivity index (χ0v) is 19.6. The fourth-order valence-corrected chi connectivity index (χ4v) is 3.86. The molecule has 2 aromatic heterocycles. The third-order valence-electron chi connectivity index (χ3n) is 5.69. The Bertz CT molecular complexity index is 601. The molecule has 7 nitrogen and oxygen atoms in total. The molecule has 0 spiro atoms. The van der Waals surface area contributed by atoms with Gasteiger partial charge in [0.15, 0.2) is 0 Å². The maximum Gasteiger partial charge on any atom is 0.0964 e. The maximum absolute atomic E-state index is 4.11. The van der Waals surface area contributed by atoms with Crippen LogP contribution in [-0.4, -0.2) is 42.3 Å². The standard InChI is InChI=1S/C24H43N7/c1-2-3-4-5-6-7-8-9-10-11-12-13-14-15-16-17-18-31(21-23-19-25-29-27-23)22-24-20-26-30-28-24/h9-10,19-20H,2-8,11-18,21-22H2,1H3,(H,25,27,29)(H,26,28,30)/b10-9-. The van der Waals surface area contributed by atoms with Crippen LogP contribution in [0.1, 0.15) is 108 Å². The van der Waals surface area contributed by atoms with Gasteiger partial charge in [-0.1, -0.05) is 87.3 Å². The van der Waals surface area contributed by atoms with Gasteiger partial charge in [-0.15, -0.1) is 10.2 Å². The third-order valence-corrected chi connectivity index (χ3v) is 5.69. The normalized spacial score (nSPS) is 11.8. The Labute approximate surface area is 188 Å². The van der Waals surface area contributed by atoms with Gasteiger partial charge in [-0.3, -0.25) is 15.1 Å². The van der Waals surface area contributed by atoms with Gasteiger partial charge in [-0.2, -0.15) is 0 Å². The number of aromatic nitrogens is 6. The Morgan fingerprint density at radius 3 is 1.65 bits per heavy atom. The number of H-pyrrole nitrogens is 2. The lowest BCUT2D eigenvalue weighted by molar-refractivity contribution is 0.244. The van der Waals surface area contributed by atoms with Crippen LogP contribution in [0.3, 0.4) is 0 Å². The summed E-state index contributed by atoms with van der Waals surface area (Å²) in [5, 5.41) is 21.4. The summed E-state index contributed by atoms with van der Waals surface area (Å²) in [7, 11) is 0. The predicted octanol–water partition coefficient (Wildman–Crippen LogP) is 5.96. The first-order valence-corrected chi connectivity index (χ1v) is 12.5. The minimum atomic E-state index is 0.786. The summed E-state index contributed by atoms with van der Waals surface area (Å²) in [5.74, 6) is 0. The van der Waals surface area contributed by atoms with Crippen LogP contribution in [0.15, 0.2) is 24.5 Å². The minimum Gasteiger partial charge on any atom is -0.291 e. The highest BCUT2D eigenvalue weighted by atomic mass is 15.3. The fourth-order valence-electron chi connectivity index (χ4n) is 3.86. The lowest BCUT2D eigenvalue weighted by Crippen LogP contribution is -2.24. The Balaban J connectivity index is 1.44. The fraction of sp³-hybridized carbons (Fsp3) is 0.750. The number of hydrogen-bond acceptors (Lipinski definition) is 5. The van der Waals surface area contributed by atoms with Crippen molar-refractivity contribution in [1.29, 1.82) is 0 Å². The van der Waals surface area contributed by atoms with Gasteiger partial charge < -0.3 is 0 Å². The molecule has 0 amide bonds. The van der Waals surface area contributed by atoms with Gasteiger partial charge in [-0.05, 0) is 38.6 Å². The first-order valence-electron chi connectivity index (χ1n) is 12.5. The van der Waals surface area contributed by atoms with Gasteiger partial charge in [0.25, 0.3) is 0 Å². The molecule has 0 aliphatic rings. The number of nitrogens with zero attached hydrogens (tertiary/aromatic N) is 5. The number of allylic oxidation sites excluding steroid dienone is 2. The average Bonchev–Trinajstić information content (AvgIpc) is 3.48. The summed E-state index contributed by atoms with van der Waals surface area (Å²) in [6.45, 7) is 4.89. The molecule has 2 aromatic rings. The van der Waals surface area contributed by atoms with Gasteiger partial charge in [0.05, 0.1) is 11.4 Å². The molecule has 0 atom stereocenters. The van der Waals surface area contributed by atoms with E-state index >= 15 is 0 Å². The molecular weight excluding hydrogens is 386 g/mol. The van der Waals surface area contributed by atoms with Crippen molar-refractivity contribution in [2.45, 2.75) is 110 Å². The van der Waals surface area contributed by atoms with E-state index in [-0.39, 0.29) is 0 Å². The molecule has 0 aromatic carbocycles. The molecule has 2 N–H and O–H groups in total. The van der Waals surface area contributed by atoms with Crippen molar-refractivity contribution in [3.8, 4) is 0 Å². The number of nitrogens with one attached hydrogen (secondary N) is 2. The molecule has 2 rings (SSSR count). The van der Waals surface area contributed by atoms with E-state index in [1.54, 1.807) is 0 Å². The molecule has 0 bridgehead atoms. The van der Waals surface area contributed by atoms with E-state index in [9.17, 15) is 0 Å². The van der Waals surface area contributed by atoms with Crippen LogP contribution in [0.4, 0.5) is 0 Å². The molecular formula is C24H43N7. The lowest BCUT2D eigenvalue weighted by Gasteiger charge is -2.19. The Kier molecular flexibility index (Phi) is 14.4. The Hall–Kier alpha value is -2.02. The zero-order valence-electron chi connectivity index (χ0n) is 19.6. The summed E-state index contributed by atoms with van der Waals surface area (Å²) < 4.78 is 0. The first kappa shape index (κ1) is 25.2. The Morgan fingerprint density at radius 2 is 1.16 bits per heavy atom. The molecule has 0 radical (unpaired) electrons. The van der Waals surface area contributed by atoms with Crippen molar-refractivity contribution in [3.05, 3.63) is 35.9 Å². The van der Waals surface area contributed by atoms with Crippen molar-refractivity contribution in [2.24, 2.45) is 0 Å². The van der Waals surface area contributed by atoms with Crippen LogP contribution in [0.2, 0.25) is 0 Å². The minimum absolute atomic E-state index is 0.786. The van der Waals surface area contributed by atoms with E-state index in [4.69, 9.17) is 0 Å². The molecule has 0 aliphatic carbocycles. The van der Waals surface area contributed by atoms with Gasteiger partial charge in [0.1, 0.15) is 0 Å². The number of rotatable bonds is 20. The summed E-state index contributed by atoms with van der Waals surface area (Å²) in [6, 6.07) is 0. The van der Waals surface area contributed by atoms with E-state index in [0.717, 1.165) is 31.0 Å². The van der Waals surface area contributed by atoms with Gasteiger partial charge >= 0.3 is 0 Å². The van der Waals surface area contributed by atoms with E-state index < -0.39 is 0 Å². The second-order valence-corrected chi connectivity index (χ2v) is 8.58. The second-order valence-electron chi connectivity index (χ2n) is 8.58. The zero-order chi connectivity index (χ0) is 21.8. The van der Waals surface area contributed by atoms with Crippen LogP contribution < -0.4 is 0 Å². The topological polar surface area (TPSA) is 86.4 Å². The average molecular weight is 430 g/mol. The molecule has 0 fully saturated rings. The van der Waals surface area contributed by atoms with Gasteiger partial charge in [0.2, 0.25) is 0 Å². The largest absolute Gasteiger partial charge is 0.291 e. The van der Waals surface area contributed by atoms with E-state index in [2.05, 4.69) is 54.8 Å². The lowest BCUT2D eigenvalue weighted by atomic mass is 10.1. The van der Waals surface area contributed by atoms with Crippen LogP contribution in [-0.2, 0) is 13.1 Å². The third kappa shape index (κ3) is 13.1. The van der Waals surface area contributed by atoms with Gasteiger partial charge in [-0.25, -0.2) is 0 Å². The SMILES string of the molecule is CCCCCCCC/C=C\CCCCCCCCN(Cc1c[nH]nn1)Cc1c[nH]nn1. The first-order chi connectivity index (χ1) is 15.4. The highest BCUT2D eigenvalue weighted by molar-refractivity contribution is 4.94. The highest BCUT2D eigenvalue weighted by Gasteiger charge is 2.10. The predicted molar refractivity (Wildman–Crippen MR) is 126 cm³/mol. The van der Waals surface area contributed by atoms with E-state index in [1.165, 1.54) is 89.9 Å². The molecule has 0 unspecified atom stereocenters. The van der Waals surface area contributed by atoms with Crippen LogP contribution in [0.25, 0.3) is 0 Å². The van der Waals surface area contributed by atoms with Crippen molar-refractivity contribution in [3.63, 3.8) is 0 Å². The van der Waals surface area contributed by atoms with Crippen LogP contribution >= 0.6 is 0 Å². The van der Waals surface area contributed by atoms with Crippen molar-refractivity contribution in [1.82, 2.24) is 35.7 Å². The molecule has 0 aliphatic heterocycles.